The van der Waals surface area contributed by atoms with Gasteiger partial charge >= 0.3 is 0 Å². The highest BCUT2D eigenvalue weighted by molar-refractivity contribution is 5.68. The Labute approximate surface area is 110 Å². The summed E-state index contributed by atoms with van der Waals surface area (Å²) in [7, 11) is 5.41. The topological polar surface area (TPSA) is 32.7 Å². The molecule has 0 bridgehead atoms. The number of benzene rings is 1. The number of hydrogen-bond donors (Lipinski definition) is 1. The molecule has 0 amide bonds. The molecular weight excluding hydrogens is 226 g/mol. The van der Waals surface area contributed by atoms with Gasteiger partial charge in [0.1, 0.15) is 12.0 Å². The monoisotopic (exact) mass is 249 g/mol. The first kappa shape index (κ1) is 14.7. The Kier molecular flexibility index (Phi) is 5.38. The molecule has 3 heteroatoms. The van der Waals surface area contributed by atoms with Gasteiger partial charge in [-0.1, -0.05) is 25.1 Å². The van der Waals surface area contributed by atoms with Crippen molar-refractivity contribution in [2.75, 3.05) is 21.2 Å². The van der Waals surface area contributed by atoms with E-state index in [2.05, 4.69) is 0 Å². The van der Waals surface area contributed by atoms with Crippen LogP contribution in [0.15, 0.2) is 30.3 Å². The van der Waals surface area contributed by atoms with Crippen LogP contribution < -0.4 is 4.74 Å². The first-order valence-corrected chi connectivity index (χ1v) is 6.16. The largest absolute Gasteiger partial charge is 0.497 e. The molecular formula is C15H23NO2. The molecule has 0 unspecified atom stereocenters. The van der Waals surface area contributed by atoms with Gasteiger partial charge in [0.2, 0.25) is 0 Å². The van der Waals surface area contributed by atoms with Gasteiger partial charge in [0, 0.05) is 5.92 Å². The van der Waals surface area contributed by atoms with E-state index in [1.165, 1.54) is 0 Å². The minimum Gasteiger partial charge on any atom is -0.497 e. The molecule has 1 aromatic carbocycles. The molecule has 0 spiro atoms. The molecule has 0 aromatic heterocycles. The van der Waals surface area contributed by atoms with E-state index >= 15 is 0 Å². The Morgan fingerprint density at radius 2 is 2.06 bits per heavy atom. The summed E-state index contributed by atoms with van der Waals surface area (Å²) >= 11 is 0. The van der Waals surface area contributed by atoms with Gasteiger partial charge in [0.15, 0.2) is 0 Å². The molecule has 1 rings (SSSR count). The number of nitrogens with zero attached hydrogens (tertiary/aromatic N) is 1. The van der Waals surface area contributed by atoms with Gasteiger partial charge in [-0.05, 0) is 44.3 Å². The number of hydrogen-bond acceptors (Lipinski definition) is 3. The normalized spacial score (nSPS) is 15.6. The number of methoxy groups -OCH3 is 1. The van der Waals surface area contributed by atoms with Crippen LogP contribution in [0.3, 0.4) is 0 Å². The van der Waals surface area contributed by atoms with E-state index in [9.17, 15) is 5.11 Å². The molecule has 0 aliphatic carbocycles. The summed E-state index contributed by atoms with van der Waals surface area (Å²) in [5, 5.41) is 10.1. The quantitative estimate of drug-likeness (QED) is 0.814. The average molecular weight is 249 g/mol. The van der Waals surface area contributed by atoms with Crippen molar-refractivity contribution in [2.45, 2.75) is 20.1 Å². The molecule has 0 fully saturated rings. The lowest BCUT2D eigenvalue weighted by Crippen LogP contribution is -2.34. The van der Waals surface area contributed by atoms with Gasteiger partial charge in [-0.25, -0.2) is 0 Å². The fourth-order valence-electron chi connectivity index (χ4n) is 2.10. The Balaban J connectivity index is 3.03. The maximum atomic E-state index is 10.1. The van der Waals surface area contributed by atoms with Gasteiger partial charge in [-0.15, -0.1) is 0 Å². The lowest BCUT2D eigenvalue weighted by atomic mass is 9.92. The molecule has 0 aliphatic heterocycles. The molecule has 3 nitrogen and oxygen atoms in total. The molecule has 1 aromatic rings. The molecule has 18 heavy (non-hydrogen) atoms. The van der Waals surface area contributed by atoms with Crippen LogP contribution in [-0.2, 0) is 0 Å². The second-order valence-corrected chi connectivity index (χ2v) is 4.64. The van der Waals surface area contributed by atoms with Gasteiger partial charge in [0.25, 0.3) is 0 Å². The minimum absolute atomic E-state index is 0.0390. The van der Waals surface area contributed by atoms with Crippen molar-refractivity contribution in [3.63, 3.8) is 0 Å². The van der Waals surface area contributed by atoms with Crippen molar-refractivity contribution in [3.05, 3.63) is 35.9 Å². The minimum atomic E-state index is -0.498. The number of aliphatic hydroxyl groups excluding tert-OH is 1. The highest BCUT2D eigenvalue weighted by Crippen LogP contribution is 2.28. The van der Waals surface area contributed by atoms with Crippen LogP contribution in [-0.4, -0.2) is 37.4 Å². The lowest BCUT2D eigenvalue weighted by molar-refractivity contribution is 0.0146. The van der Waals surface area contributed by atoms with Crippen molar-refractivity contribution in [2.24, 2.45) is 5.92 Å². The summed E-state index contributed by atoms with van der Waals surface area (Å²) in [4.78, 5) is 1.81. The number of allylic oxidation sites excluding steroid dienone is 1. The third kappa shape index (κ3) is 3.34. The van der Waals surface area contributed by atoms with Crippen molar-refractivity contribution in [3.8, 4) is 5.75 Å². The molecule has 0 heterocycles. The molecule has 1 N–H and O–H groups in total. The molecule has 0 saturated carbocycles. The number of aliphatic hydroxyl groups is 1. The van der Waals surface area contributed by atoms with Gasteiger partial charge in [0.05, 0.1) is 7.11 Å². The SMILES string of the molecule is C/C=C(\c1cccc(OC)c1)[C@H](C)[C@H](O)N(C)C. The van der Waals surface area contributed by atoms with Crippen LogP contribution in [0.25, 0.3) is 5.57 Å². The molecule has 0 aliphatic rings. The second-order valence-electron chi connectivity index (χ2n) is 4.64. The smallest absolute Gasteiger partial charge is 0.119 e. The fraction of sp³-hybridized carbons (Fsp3) is 0.467. The van der Waals surface area contributed by atoms with Crippen LogP contribution in [0.1, 0.15) is 19.4 Å². The third-order valence-electron chi connectivity index (χ3n) is 3.18. The van der Waals surface area contributed by atoms with Crippen LogP contribution >= 0.6 is 0 Å². The fourth-order valence-corrected chi connectivity index (χ4v) is 2.10. The van der Waals surface area contributed by atoms with Crippen molar-refractivity contribution < 1.29 is 9.84 Å². The summed E-state index contributed by atoms with van der Waals surface area (Å²) in [6, 6.07) is 7.92. The molecule has 0 radical (unpaired) electrons. The Morgan fingerprint density at radius 3 is 2.56 bits per heavy atom. The van der Waals surface area contributed by atoms with Crippen molar-refractivity contribution in [1.29, 1.82) is 0 Å². The highest BCUT2D eigenvalue weighted by Gasteiger charge is 2.21. The Morgan fingerprint density at radius 1 is 1.39 bits per heavy atom. The highest BCUT2D eigenvalue weighted by atomic mass is 16.5. The first-order valence-electron chi connectivity index (χ1n) is 6.16. The van der Waals surface area contributed by atoms with Crippen LogP contribution in [0.5, 0.6) is 5.75 Å². The van der Waals surface area contributed by atoms with E-state index in [1.54, 1.807) is 7.11 Å². The number of ether oxygens (including phenoxy) is 1. The summed E-state index contributed by atoms with van der Waals surface area (Å²) in [5.41, 5.74) is 2.21. The van der Waals surface area contributed by atoms with E-state index in [-0.39, 0.29) is 5.92 Å². The van der Waals surface area contributed by atoms with E-state index in [4.69, 9.17) is 4.74 Å². The second kappa shape index (κ2) is 6.57. The average Bonchev–Trinajstić information content (AvgIpc) is 2.38. The molecule has 0 saturated heterocycles. The first-order chi connectivity index (χ1) is 8.51. The standard InChI is InChI=1S/C15H23NO2/c1-6-14(11(2)15(17)16(3)4)12-8-7-9-13(10-12)18-5/h6-11,15,17H,1-5H3/b14-6-/t11-,15-/m0/s1. The predicted octanol–water partition coefficient (Wildman–Crippen LogP) is 2.61. The zero-order valence-electron chi connectivity index (χ0n) is 11.8. The Bertz CT molecular complexity index is 413. The summed E-state index contributed by atoms with van der Waals surface area (Å²) in [6.07, 6.45) is 1.55. The van der Waals surface area contributed by atoms with E-state index in [0.717, 1.165) is 16.9 Å². The van der Waals surface area contributed by atoms with Crippen LogP contribution in [0.2, 0.25) is 0 Å². The van der Waals surface area contributed by atoms with E-state index < -0.39 is 6.23 Å². The summed E-state index contributed by atoms with van der Waals surface area (Å²) in [6.45, 7) is 4.02. The molecule has 2 atom stereocenters. The van der Waals surface area contributed by atoms with E-state index in [1.807, 2.05) is 63.2 Å². The summed E-state index contributed by atoms with van der Waals surface area (Å²) < 4.78 is 5.24. The van der Waals surface area contributed by atoms with Crippen molar-refractivity contribution >= 4 is 5.57 Å². The van der Waals surface area contributed by atoms with E-state index in [0.29, 0.717) is 0 Å². The van der Waals surface area contributed by atoms with Crippen molar-refractivity contribution in [1.82, 2.24) is 4.90 Å². The predicted molar refractivity (Wildman–Crippen MR) is 75.5 cm³/mol. The number of rotatable bonds is 5. The summed E-state index contributed by atoms with van der Waals surface area (Å²) in [5.74, 6) is 0.871. The maximum absolute atomic E-state index is 10.1. The van der Waals surface area contributed by atoms with Gasteiger partial charge in [-0.3, -0.25) is 4.90 Å². The lowest BCUT2D eigenvalue weighted by Gasteiger charge is -2.27. The molecule has 100 valence electrons. The van der Waals surface area contributed by atoms with Gasteiger partial charge < -0.3 is 9.84 Å². The van der Waals surface area contributed by atoms with Crippen LogP contribution in [0.4, 0.5) is 0 Å². The zero-order valence-corrected chi connectivity index (χ0v) is 11.8. The van der Waals surface area contributed by atoms with Gasteiger partial charge in [-0.2, -0.15) is 0 Å². The third-order valence-corrected chi connectivity index (χ3v) is 3.18. The van der Waals surface area contributed by atoms with Crippen LogP contribution in [0, 0.1) is 5.92 Å². The Hall–Kier alpha value is -1.32. The zero-order chi connectivity index (χ0) is 13.7. The maximum Gasteiger partial charge on any atom is 0.119 e.